The van der Waals surface area contributed by atoms with E-state index in [4.69, 9.17) is 14.5 Å². The predicted octanol–water partition coefficient (Wildman–Crippen LogP) is 5.76. The number of benzene rings is 1. The fourth-order valence-electron chi connectivity index (χ4n) is 3.99. The van der Waals surface area contributed by atoms with Crippen LogP contribution in [0.25, 0.3) is 10.2 Å². The van der Waals surface area contributed by atoms with Gasteiger partial charge in [-0.2, -0.15) is 0 Å². The molecule has 1 aromatic carbocycles. The molecular formula is C24H35IN4O4S. The molecule has 1 aromatic heterocycles. The average Bonchev–Trinajstić information content (AvgIpc) is 3.08. The number of amides is 2. The first-order chi connectivity index (χ1) is 15.6. The van der Waals surface area contributed by atoms with Crippen LogP contribution in [0.15, 0.2) is 12.1 Å². The first kappa shape index (κ1) is 26.8. The molecule has 34 heavy (non-hydrogen) atoms. The molecule has 8 nitrogen and oxygen atoms in total. The molecule has 1 fully saturated rings. The first-order valence-corrected chi connectivity index (χ1v) is 13.3. The number of nitrogens with one attached hydrogen (secondary N) is 1. The van der Waals surface area contributed by atoms with Gasteiger partial charge in [-0.05, 0) is 90.1 Å². The van der Waals surface area contributed by atoms with Gasteiger partial charge in [0.1, 0.15) is 16.2 Å². The van der Waals surface area contributed by atoms with Crippen molar-refractivity contribution in [1.29, 1.82) is 0 Å². The van der Waals surface area contributed by atoms with Gasteiger partial charge in [0.2, 0.25) is 0 Å². The summed E-state index contributed by atoms with van der Waals surface area (Å²) in [5.74, 6) is 0. The second kappa shape index (κ2) is 10.0. The number of alkyl carbamates (subject to hydrolysis) is 1. The summed E-state index contributed by atoms with van der Waals surface area (Å²) in [6.07, 6.45) is -0.726. The highest BCUT2D eigenvalue weighted by atomic mass is 127. The number of hydrogen-bond donors (Lipinski definition) is 1. The van der Waals surface area contributed by atoms with Crippen molar-refractivity contribution in [3.63, 3.8) is 0 Å². The lowest BCUT2D eigenvalue weighted by atomic mass is 10.1. The summed E-state index contributed by atoms with van der Waals surface area (Å²) in [4.78, 5) is 33.8. The van der Waals surface area contributed by atoms with Crippen LogP contribution in [0.1, 0.15) is 60.4 Å². The van der Waals surface area contributed by atoms with Crippen molar-refractivity contribution in [3.05, 3.63) is 20.7 Å². The molecule has 1 N–H and O–H groups in total. The van der Waals surface area contributed by atoms with E-state index in [1.165, 1.54) is 0 Å². The third-order valence-electron chi connectivity index (χ3n) is 5.16. The normalized spacial score (nSPS) is 19.3. The van der Waals surface area contributed by atoms with Crippen LogP contribution < -0.4 is 10.2 Å². The van der Waals surface area contributed by atoms with Crippen molar-refractivity contribution >= 4 is 62.0 Å². The summed E-state index contributed by atoms with van der Waals surface area (Å²) < 4.78 is 13.1. The summed E-state index contributed by atoms with van der Waals surface area (Å²) in [7, 11) is 0. The summed E-state index contributed by atoms with van der Waals surface area (Å²) >= 11 is 3.87. The van der Waals surface area contributed by atoms with Gasteiger partial charge in [0, 0.05) is 16.7 Å². The zero-order valence-corrected chi connectivity index (χ0v) is 24.2. The number of halogens is 1. The Morgan fingerprint density at radius 1 is 1.09 bits per heavy atom. The second-order valence-electron chi connectivity index (χ2n) is 10.7. The molecule has 0 radical (unpaired) electrons. The minimum Gasteiger partial charge on any atom is -0.444 e. The standard InChI is InChI=1S/C24H35IN4O4S/c1-14-12-28(13-15(2)29(14)22(31)33-24(6,7)8)17-10-9-16(25)19-20(17)34-18(27-19)11-26-21(30)32-23(3,4)5/h9-10,14-15H,11-13H2,1-8H3,(H,26,30)/t14-,15-/m0/s1. The number of rotatable bonds is 3. The lowest BCUT2D eigenvalue weighted by Gasteiger charge is -2.45. The van der Waals surface area contributed by atoms with Gasteiger partial charge in [-0.25, -0.2) is 14.6 Å². The Hall–Kier alpha value is -1.82. The van der Waals surface area contributed by atoms with E-state index in [1.807, 2.05) is 46.4 Å². The lowest BCUT2D eigenvalue weighted by Crippen LogP contribution is -2.59. The number of fused-ring (bicyclic) bond motifs is 1. The van der Waals surface area contributed by atoms with Crippen LogP contribution in [0.5, 0.6) is 0 Å². The molecule has 2 heterocycles. The number of nitrogens with zero attached hydrogens (tertiary/aromatic N) is 3. The Balaban J connectivity index is 1.79. The topological polar surface area (TPSA) is 84.0 Å². The molecule has 0 spiro atoms. The highest BCUT2D eigenvalue weighted by Crippen LogP contribution is 2.36. The molecule has 2 atom stereocenters. The Bertz CT molecular complexity index is 1050. The van der Waals surface area contributed by atoms with Gasteiger partial charge in [-0.1, -0.05) is 0 Å². The second-order valence-corrected chi connectivity index (χ2v) is 12.9. The van der Waals surface area contributed by atoms with E-state index < -0.39 is 17.3 Å². The molecule has 2 aromatic rings. The van der Waals surface area contributed by atoms with Crippen molar-refractivity contribution in [3.8, 4) is 0 Å². The number of carbonyl (C=O) groups is 2. The van der Waals surface area contributed by atoms with Crippen molar-refractivity contribution < 1.29 is 19.1 Å². The van der Waals surface area contributed by atoms with Gasteiger partial charge < -0.3 is 19.7 Å². The number of hydrogen-bond acceptors (Lipinski definition) is 7. The lowest BCUT2D eigenvalue weighted by molar-refractivity contribution is 0.00565. The number of thiazole rings is 1. The minimum atomic E-state index is -0.547. The molecule has 0 aliphatic carbocycles. The van der Waals surface area contributed by atoms with E-state index in [9.17, 15) is 9.59 Å². The van der Waals surface area contributed by atoms with Crippen LogP contribution in [0.2, 0.25) is 0 Å². The summed E-state index contributed by atoms with van der Waals surface area (Å²) in [5.41, 5.74) is 0.954. The largest absolute Gasteiger partial charge is 0.444 e. The Kier molecular flexibility index (Phi) is 7.91. The SMILES string of the molecule is C[C@H]1CN(c2ccc(I)c3nc(CNC(=O)OC(C)(C)C)sc23)C[C@H](C)N1C(=O)OC(C)(C)C. The monoisotopic (exact) mass is 602 g/mol. The molecule has 0 unspecified atom stereocenters. The molecule has 3 rings (SSSR count). The third kappa shape index (κ3) is 6.65. The highest BCUT2D eigenvalue weighted by Gasteiger charge is 2.36. The van der Waals surface area contributed by atoms with Crippen LogP contribution in [-0.2, 0) is 16.0 Å². The maximum atomic E-state index is 12.8. The maximum Gasteiger partial charge on any atom is 0.410 e. The van der Waals surface area contributed by atoms with Crippen LogP contribution in [-0.4, -0.2) is 58.4 Å². The number of anilines is 1. The van der Waals surface area contributed by atoms with Crippen LogP contribution in [0.4, 0.5) is 15.3 Å². The smallest absolute Gasteiger partial charge is 0.410 e. The number of ether oxygens (including phenoxy) is 2. The fourth-order valence-corrected chi connectivity index (χ4v) is 5.81. The van der Waals surface area contributed by atoms with Gasteiger partial charge in [0.25, 0.3) is 0 Å². The van der Waals surface area contributed by atoms with Crippen LogP contribution in [0, 0.1) is 3.57 Å². The van der Waals surface area contributed by atoms with Gasteiger partial charge in [0.05, 0.1) is 34.5 Å². The molecule has 0 bridgehead atoms. The van der Waals surface area contributed by atoms with Crippen molar-refractivity contribution in [2.75, 3.05) is 18.0 Å². The highest BCUT2D eigenvalue weighted by molar-refractivity contribution is 14.1. The molecule has 1 aliphatic rings. The molecule has 10 heteroatoms. The van der Waals surface area contributed by atoms with Gasteiger partial charge >= 0.3 is 12.2 Å². The summed E-state index contributed by atoms with van der Waals surface area (Å²) in [6.45, 7) is 17.0. The molecule has 2 amide bonds. The zero-order valence-electron chi connectivity index (χ0n) is 21.2. The van der Waals surface area contributed by atoms with E-state index >= 15 is 0 Å². The summed E-state index contributed by atoms with van der Waals surface area (Å²) in [6, 6.07) is 4.18. The molecule has 188 valence electrons. The van der Waals surface area contributed by atoms with Gasteiger partial charge in [0.15, 0.2) is 0 Å². The number of aromatic nitrogens is 1. The molecule has 1 saturated heterocycles. The van der Waals surface area contributed by atoms with Gasteiger partial charge in [-0.3, -0.25) is 4.90 Å². The minimum absolute atomic E-state index is 0.00541. The quantitative estimate of drug-likeness (QED) is 0.450. The Morgan fingerprint density at radius 3 is 2.24 bits per heavy atom. The fraction of sp³-hybridized carbons (Fsp3) is 0.625. The van der Waals surface area contributed by atoms with E-state index in [0.29, 0.717) is 19.6 Å². The average molecular weight is 603 g/mol. The van der Waals surface area contributed by atoms with Crippen molar-refractivity contribution in [2.24, 2.45) is 0 Å². The first-order valence-electron chi connectivity index (χ1n) is 11.5. The van der Waals surface area contributed by atoms with Crippen LogP contribution in [0.3, 0.4) is 0 Å². The zero-order chi connectivity index (χ0) is 25.4. The van der Waals surface area contributed by atoms with Crippen LogP contribution >= 0.6 is 33.9 Å². The molecule has 0 saturated carbocycles. The number of piperazine rings is 1. The number of carbonyl (C=O) groups excluding carboxylic acids is 2. The Labute approximate surface area is 219 Å². The third-order valence-corrected chi connectivity index (χ3v) is 7.11. The predicted molar refractivity (Wildman–Crippen MR) is 145 cm³/mol. The van der Waals surface area contributed by atoms with E-state index in [-0.39, 0.29) is 18.2 Å². The maximum absolute atomic E-state index is 12.8. The Morgan fingerprint density at radius 2 is 1.68 bits per heavy atom. The van der Waals surface area contributed by atoms with E-state index in [2.05, 4.69) is 58.8 Å². The molecular weight excluding hydrogens is 567 g/mol. The van der Waals surface area contributed by atoms with E-state index in [0.717, 1.165) is 24.5 Å². The van der Waals surface area contributed by atoms with Crippen molar-refractivity contribution in [2.45, 2.75) is 85.2 Å². The van der Waals surface area contributed by atoms with Gasteiger partial charge in [-0.15, -0.1) is 11.3 Å². The van der Waals surface area contributed by atoms with Crippen molar-refractivity contribution in [1.82, 2.24) is 15.2 Å². The summed E-state index contributed by atoms with van der Waals surface area (Å²) in [5, 5.41) is 3.62. The van der Waals surface area contributed by atoms with E-state index in [1.54, 1.807) is 11.3 Å². The molecule has 1 aliphatic heterocycles.